The van der Waals surface area contributed by atoms with E-state index >= 15 is 0 Å². The molecule has 10 heteroatoms. The summed E-state index contributed by atoms with van der Waals surface area (Å²) in [5.74, 6) is 0.505. The molecule has 2 aromatic carbocycles. The Morgan fingerprint density at radius 1 is 0.935 bits per heavy atom. The Bertz CT molecular complexity index is 1270. The lowest BCUT2D eigenvalue weighted by Gasteiger charge is -2.19. The summed E-state index contributed by atoms with van der Waals surface area (Å²) in [6, 6.07) is 15.2. The van der Waals surface area contributed by atoms with E-state index in [0.717, 1.165) is 0 Å². The van der Waals surface area contributed by atoms with Crippen molar-refractivity contribution in [1.82, 2.24) is 4.57 Å². The summed E-state index contributed by atoms with van der Waals surface area (Å²) in [6.07, 6.45) is 1.53. The van der Waals surface area contributed by atoms with Crippen LogP contribution in [0.1, 0.15) is 0 Å². The van der Waals surface area contributed by atoms with Gasteiger partial charge in [0.25, 0.3) is 15.6 Å². The van der Waals surface area contributed by atoms with E-state index in [2.05, 4.69) is 10.0 Å². The van der Waals surface area contributed by atoms with Gasteiger partial charge in [-0.2, -0.15) is 0 Å². The second kappa shape index (κ2) is 8.52. The van der Waals surface area contributed by atoms with Crippen LogP contribution in [0.2, 0.25) is 0 Å². The van der Waals surface area contributed by atoms with Crippen LogP contribution in [-0.2, 0) is 21.4 Å². The molecular formula is C21H19N3O6S. The fourth-order valence-electron chi connectivity index (χ4n) is 2.97. The third-order valence-corrected chi connectivity index (χ3v) is 5.84. The lowest BCUT2D eigenvalue weighted by Crippen LogP contribution is -2.26. The van der Waals surface area contributed by atoms with Crippen LogP contribution in [0.3, 0.4) is 0 Å². The molecule has 0 fully saturated rings. The average Bonchev–Trinajstić information content (AvgIpc) is 2.76. The SMILES string of the molecule is O=C(Cn1ccccc1=O)Nc1ccc(NS(=O)(=O)c2ccc3c(c2)OCCO3)cc1. The topological polar surface area (TPSA) is 116 Å². The fraction of sp³-hybridized carbons (Fsp3) is 0.143. The molecule has 4 rings (SSSR count). The Labute approximate surface area is 178 Å². The summed E-state index contributed by atoms with van der Waals surface area (Å²) in [5.41, 5.74) is 0.518. The minimum atomic E-state index is -3.84. The van der Waals surface area contributed by atoms with E-state index in [4.69, 9.17) is 9.47 Å². The molecule has 0 unspecified atom stereocenters. The zero-order chi connectivity index (χ0) is 21.8. The number of sulfonamides is 1. The number of hydrogen-bond acceptors (Lipinski definition) is 6. The molecule has 0 bridgehead atoms. The molecule has 1 aliphatic heterocycles. The maximum Gasteiger partial charge on any atom is 0.262 e. The van der Waals surface area contributed by atoms with Crippen molar-refractivity contribution in [3.63, 3.8) is 0 Å². The number of amides is 1. The van der Waals surface area contributed by atoms with Gasteiger partial charge in [-0.1, -0.05) is 6.07 Å². The highest BCUT2D eigenvalue weighted by Crippen LogP contribution is 2.32. The quantitative estimate of drug-likeness (QED) is 0.605. The van der Waals surface area contributed by atoms with Gasteiger partial charge in [-0.15, -0.1) is 0 Å². The summed E-state index contributed by atoms with van der Waals surface area (Å²) in [5, 5.41) is 2.67. The molecule has 2 heterocycles. The maximum atomic E-state index is 12.7. The first-order valence-electron chi connectivity index (χ1n) is 9.39. The first-order valence-corrected chi connectivity index (χ1v) is 10.9. The molecule has 3 aromatic rings. The molecule has 0 saturated carbocycles. The van der Waals surface area contributed by atoms with E-state index in [0.29, 0.717) is 36.1 Å². The molecule has 0 saturated heterocycles. The van der Waals surface area contributed by atoms with E-state index in [-0.39, 0.29) is 22.9 Å². The van der Waals surface area contributed by atoms with Crippen LogP contribution in [0.5, 0.6) is 11.5 Å². The number of aromatic nitrogens is 1. The Kier molecular flexibility index (Phi) is 5.63. The van der Waals surface area contributed by atoms with Crippen molar-refractivity contribution >= 4 is 27.3 Å². The molecule has 1 aromatic heterocycles. The number of anilines is 2. The minimum absolute atomic E-state index is 0.0439. The molecule has 1 amide bonds. The number of fused-ring (bicyclic) bond motifs is 1. The van der Waals surface area contributed by atoms with Gasteiger partial charge in [0.2, 0.25) is 5.91 Å². The normalized spacial score (nSPS) is 12.8. The van der Waals surface area contributed by atoms with Gasteiger partial charge in [0.15, 0.2) is 11.5 Å². The minimum Gasteiger partial charge on any atom is -0.486 e. The highest BCUT2D eigenvalue weighted by Gasteiger charge is 2.19. The van der Waals surface area contributed by atoms with Crippen LogP contribution in [0.15, 0.2) is 76.6 Å². The highest BCUT2D eigenvalue weighted by atomic mass is 32.2. The molecule has 0 radical (unpaired) electrons. The van der Waals surface area contributed by atoms with E-state index < -0.39 is 10.0 Å². The van der Waals surface area contributed by atoms with Gasteiger partial charge in [0, 0.05) is 29.7 Å². The zero-order valence-corrected chi connectivity index (χ0v) is 17.1. The number of ether oxygens (including phenoxy) is 2. The fourth-order valence-corrected chi connectivity index (χ4v) is 4.05. The number of hydrogen-bond donors (Lipinski definition) is 2. The van der Waals surface area contributed by atoms with Crippen LogP contribution in [-0.4, -0.2) is 32.1 Å². The molecule has 9 nitrogen and oxygen atoms in total. The second-order valence-corrected chi connectivity index (χ2v) is 8.39. The monoisotopic (exact) mass is 441 g/mol. The molecule has 31 heavy (non-hydrogen) atoms. The molecular weight excluding hydrogens is 422 g/mol. The van der Waals surface area contributed by atoms with Crippen LogP contribution in [0.25, 0.3) is 0 Å². The highest BCUT2D eigenvalue weighted by molar-refractivity contribution is 7.92. The number of rotatable bonds is 6. The molecule has 0 atom stereocenters. The largest absolute Gasteiger partial charge is 0.486 e. The van der Waals surface area contributed by atoms with E-state index in [9.17, 15) is 18.0 Å². The van der Waals surface area contributed by atoms with Gasteiger partial charge in [0.05, 0.1) is 4.90 Å². The summed E-state index contributed by atoms with van der Waals surface area (Å²) in [7, 11) is -3.84. The van der Waals surface area contributed by atoms with Gasteiger partial charge in [-0.05, 0) is 42.5 Å². The number of carbonyl (C=O) groups is 1. The van der Waals surface area contributed by atoms with E-state index in [1.165, 1.54) is 41.1 Å². The Morgan fingerprint density at radius 2 is 1.65 bits per heavy atom. The first kappa shape index (κ1) is 20.5. The number of benzene rings is 2. The Morgan fingerprint density at radius 3 is 2.39 bits per heavy atom. The van der Waals surface area contributed by atoms with Gasteiger partial charge >= 0.3 is 0 Å². The zero-order valence-electron chi connectivity index (χ0n) is 16.3. The standard InChI is InChI=1S/C21H19N3O6S/c25-20(14-24-10-2-1-3-21(24)26)22-15-4-6-16(7-5-15)23-31(27,28)17-8-9-18-19(13-17)30-12-11-29-18/h1-10,13,23H,11-12,14H2,(H,22,25). The average molecular weight is 441 g/mol. The van der Waals surface area contributed by atoms with E-state index in [1.54, 1.807) is 30.3 Å². The second-order valence-electron chi connectivity index (χ2n) is 6.70. The molecule has 0 aliphatic carbocycles. The molecule has 0 spiro atoms. The van der Waals surface area contributed by atoms with Gasteiger partial charge in [-0.3, -0.25) is 14.3 Å². The van der Waals surface area contributed by atoms with Crippen LogP contribution >= 0.6 is 0 Å². The number of carbonyl (C=O) groups excluding carboxylic acids is 1. The van der Waals surface area contributed by atoms with Gasteiger partial charge in [-0.25, -0.2) is 8.42 Å². The van der Waals surface area contributed by atoms with Gasteiger partial charge < -0.3 is 19.4 Å². The predicted molar refractivity (Wildman–Crippen MR) is 114 cm³/mol. The molecule has 2 N–H and O–H groups in total. The Hall–Kier alpha value is -3.79. The summed E-state index contributed by atoms with van der Waals surface area (Å²) < 4.78 is 40.0. The van der Waals surface area contributed by atoms with Crippen LogP contribution < -0.4 is 25.1 Å². The van der Waals surface area contributed by atoms with Crippen LogP contribution in [0, 0.1) is 0 Å². The summed E-state index contributed by atoms with van der Waals surface area (Å²) >= 11 is 0. The van der Waals surface area contributed by atoms with Gasteiger partial charge in [0.1, 0.15) is 19.8 Å². The first-order chi connectivity index (χ1) is 14.9. The van der Waals surface area contributed by atoms with Crippen LogP contribution in [0.4, 0.5) is 11.4 Å². The summed E-state index contributed by atoms with van der Waals surface area (Å²) in [4.78, 5) is 23.9. The van der Waals surface area contributed by atoms with Crippen molar-refractivity contribution < 1.29 is 22.7 Å². The molecule has 1 aliphatic rings. The third kappa shape index (κ3) is 4.86. The third-order valence-electron chi connectivity index (χ3n) is 4.46. The van der Waals surface area contributed by atoms with E-state index in [1.807, 2.05) is 0 Å². The van der Waals surface area contributed by atoms with Crippen molar-refractivity contribution in [2.24, 2.45) is 0 Å². The lowest BCUT2D eigenvalue weighted by atomic mass is 10.3. The maximum absolute atomic E-state index is 12.7. The number of nitrogens with one attached hydrogen (secondary N) is 2. The molecule has 160 valence electrons. The number of nitrogens with zero attached hydrogens (tertiary/aromatic N) is 1. The van der Waals surface area contributed by atoms with Crippen molar-refractivity contribution in [2.45, 2.75) is 11.4 Å². The predicted octanol–water partition coefficient (Wildman–Crippen LogP) is 2.06. The van der Waals surface area contributed by atoms with Crippen molar-refractivity contribution in [1.29, 1.82) is 0 Å². The van der Waals surface area contributed by atoms with Crippen molar-refractivity contribution in [3.8, 4) is 11.5 Å². The van der Waals surface area contributed by atoms with Crippen molar-refractivity contribution in [3.05, 3.63) is 77.2 Å². The van der Waals surface area contributed by atoms with Crippen molar-refractivity contribution in [2.75, 3.05) is 23.3 Å². The smallest absolute Gasteiger partial charge is 0.262 e. The summed E-state index contributed by atoms with van der Waals surface area (Å²) in [6.45, 7) is 0.649. The number of pyridine rings is 1. The Balaban J connectivity index is 1.41. The lowest BCUT2D eigenvalue weighted by molar-refractivity contribution is -0.116.